The molecular weight excluding hydrogens is 550 g/mol. The quantitative estimate of drug-likeness (QED) is 0.210. The third-order valence-electron chi connectivity index (χ3n) is 7.02. The highest BCUT2D eigenvalue weighted by Gasteiger charge is 2.41. The zero-order valence-corrected chi connectivity index (χ0v) is 23.0. The minimum atomic E-state index is -4.54. The van der Waals surface area contributed by atoms with Crippen LogP contribution in [0.3, 0.4) is 0 Å². The minimum absolute atomic E-state index is 0.0663. The van der Waals surface area contributed by atoms with E-state index < -0.39 is 43.3 Å². The Balaban J connectivity index is 1.50. The van der Waals surface area contributed by atoms with Gasteiger partial charge < -0.3 is 5.32 Å². The Morgan fingerprint density at radius 1 is 1.15 bits per heavy atom. The van der Waals surface area contributed by atoms with Crippen LogP contribution in [0.5, 0.6) is 0 Å². The molecule has 2 N–H and O–H groups in total. The van der Waals surface area contributed by atoms with E-state index in [1.165, 1.54) is 6.07 Å². The first-order chi connectivity index (χ1) is 18.6. The average molecular weight is 583 g/mol. The summed E-state index contributed by atoms with van der Waals surface area (Å²) in [6, 6.07) is 12.7. The molecule has 2 aromatic carbocycles. The second kappa shape index (κ2) is 12.6. The molecule has 1 atom stereocenters. The second-order valence-corrected chi connectivity index (χ2v) is 12.8. The monoisotopic (exact) mass is 582 g/mol. The maximum absolute atomic E-state index is 15.0. The van der Waals surface area contributed by atoms with E-state index in [2.05, 4.69) is 5.32 Å². The number of amides is 1. The Hall–Kier alpha value is -2.77. The molecule has 2 fully saturated rings. The molecule has 1 aliphatic carbocycles. The molecule has 1 aliphatic heterocycles. The lowest BCUT2D eigenvalue weighted by molar-refractivity contribution is -0.384. The SMILES string of the molecule is O=C(NS(=O)(=O)c1ccc(N[C@H](CCN2CC(F)C2)CSc2ccccc2)c([N+](=O)[O-])c1)C1(F)CCCCC1. The van der Waals surface area contributed by atoms with Crippen molar-refractivity contribution in [3.05, 3.63) is 58.6 Å². The predicted octanol–water partition coefficient (Wildman–Crippen LogP) is 4.69. The summed E-state index contributed by atoms with van der Waals surface area (Å²) in [4.78, 5) is 26.1. The van der Waals surface area contributed by atoms with Crippen molar-refractivity contribution in [1.82, 2.24) is 9.62 Å². The normalized spacial score (nSPS) is 18.6. The fourth-order valence-electron chi connectivity index (χ4n) is 4.72. The summed E-state index contributed by atoms with van der Waals surface area (Å²) < 4.78 is 55.7. The lowest BCUT2D eigenvalue weighted by Gasteiger charge is -2.35. The molecule has 2 aliphatic rings. The maximum atomic E-state index is 15.0. The van der Waals surface area contributed by atoms with Crippen molar-refractivity contribution in [2.24, 2.45) is 0 Å². The smallest absolute Gasteiger partial charge is 0.293 e. The van der Waals surface area contributed by atoms with Crippen LogP contribution in [0, 0.1) is 10.1 Å². The fraction of sp³-hybridized carbons (Fsp3) is 0.500. The number of nitrogens with zero attached hydrogens (tertiary/aromatic N) is 2. The lowest BCUT2D eigenvalue weighted by Crippen LogP contribution is -2.49. The number of halogens is 2. The number of alkyl halides is 2. The number of hydrogen-bond donors (Lipinski definition) is 2. The number of sulfonamides is 1. The minimum Gasteiger partial charge on any atom is -0.376 e. The maximum Gasteiger partial charge on any atom is 0.293 e. The third kappa shape index (κ3) is 7.67. The van der Waals surface area contributed by atoms with Crippen LogP contribution in [0.4, 0.5) is 20.2 Å². The summed E-state index contributed by atoms with van der Waals surface area (Å²) in [5.74, 6) is -0.686. The highest BCUT2D eigenvalue weighted by molar-refractivity contribution is 7.99. The zero-order chi connectivity index (χ0) is 28.0. The van der Waals surface area contributed by atoms with Crippen LogP contribution in [0.15, 0.2) is 58.3 Å². The molecule has 1 saturated carbocycles. The second-order valence-electron chi connectivity index (χ2n) is 10.0. The van der Waals surface area contributed by atoms with Crippen molar-refractivity contribution in [1.29, 1.82) is 0 Å². The van der Waals surface area contributed by atoms with Gasteiger partial charge in [0.2, 0.25) is 0 Å². The van der Waals surface area contributed by atoms with Crippen molar-refractivity contribution in [3.63, 3.8) is 0 Å². The number of benzene rings is 2. The zero-order valence-electron chi connectivity index (χ0n) is 21.4. The molecule has 4 rings (SSSR count). The highest BCUT2D eigenvalue weighted by atomic mass is 32.2. The molecule has 9 nitrogen and oxygen atoms in total. The number of anilines is 1. The standard InChI is InChI=1S/C26H32F2N4O5S2/c27-19-16-31(17-19)14-11-20(18-38-21-7-3-1-4-8-21)29-23-10-9-22(15-24(23)32(34)35)39(36,37)30-25(33)26(28)12-5-2-6-13-26/h1,3-4,7-10,15,19-20,29H,2,5-6,11-14,16-18H2,(H,30,33)/t20-/m1/s1. The fourth-order valence-corrected chi connectivity index (χ4v) is 6.77. The topological polar surface area (TPSA) is 122 Å². The lowest BCUT2D eigenvalue weighted by atomic mass is 9.86. The number of hydrogen-bond acceptors (Lipinski definition) is 8. The number of carbonyl (C=O) groups excluding carboxylic acids is 1. The molecular formula is C26H32F2N4O5S2. The molecule has 0 spiro atoms. The number of thioether (sulfide) groups is 1. The first-order valence-electron chi connectivity index (χ1n) is 12.9. The van der Waals surface area contributed by atoms with Gasteiger partial charge in [-0.3, -0.25) is 19.8 Å². The molecule has 13 heteroatoms. The van der Waals surface area contributed by atoms with Gasteiger partial charge in [-0.15, -0.1) is 11.8 Å². The summed E-state index contributed by atoms with van der Waals surface area (Å²) in [7, 11) is -4.54. The molecule has 0 radical (unpaired) electrons. The summed E-state index contributed by atoms with van der Waals surface area (Å²) in [5.41, 5.74) is -2.65. The molecule has 212 valence electrons. The van der Waals surface area contributed by atoms with Gasteiger partial charge in [-0.25, -0.2) is 21.9 Å². The number of nitro groups is 1. The Morgan fingerprint density at radius 2 is 1.85 bits per heavy atom. The number of nitro benzene ring substituents is 1. The van der Waals surface area contributed by atoms with Crippen LogP contribution in [0.25, 0.3) is 0 Å². The number of likely N-dealkylation sites (tertiary alicyclic amines) is 1. The molecule has 1 saturated heterocycles. The van der Waals surface area contributed by atoms with Crippen molar-refractivity contribution < 1.29 is 26.9 Å². The largest absolute Gasteiger partial charge is 0.376 e. The van der Waals surface area contributed by atoms with Crippen LogP contribution in [-0.2, 0) is 14.8 Å². The molecule has 39 heavy (non-hydrogen) atoms. The summed E-state index contributed by atoms with van der Waals surface area (Å²) >= 11 is 1.56. The number of carbonyl (C=O) groups is 1. The van der Waals surface area contributed by atoms with Crippen molar-refractivity contribution in [2.75, 3.05) is 30.7 Å². The van der Waals surface area contributed by atoms with Gasteiger partial charge in [0.1, 0.15) is 11.9 Å². The van der Waals surface area contributed by atoms with E-state index in [4.69, 9.17) is 0 Å². The van der Waals surface area contributed by atoms with Crippen molar-refractivity contribution in [2.45, 2.75) is 66.2 Å². The first kappa shape index (κ1) is 29.2. The Morgan fingerprint density at radius 3 is 2.49 bits per heavy atom. The van der Waals surface area contributed by atoms with Crippen LogP contribution in [0.1, 0.15) is 38.5 Å². The van der Waals surface area contributed by atoms with Crippen LogP contribution in [-0.4, -0.2) is 67.4 Å². The van der Waals surface area contributed by atoms with Gasteiger partial charge in [-0.2, -0.15) is 0 Å². The Bertz CT molecular complexity index is 1270. The molecule has 2 aromatic rings. The van der Waals surface area contributed by atoms with Crippen LogP contribution < -0.4 is 10.0 Å². The first-order valence-corrected chi connectivity index (χ1v) is 15.4. The van der Waals surface area contributed by atoms with Gasteiger partial charge in [-0.05, 0) is 56.4 Å². The van der Waals surface area contributed by atoms with E-state index in [-0.39, 0.29) is 24.6 Å². The summed E-state index contributed by atoms with van der Waals surface area (Å²) in [6.45, 7) is 1.32. The molecule has 0 aromatic heterocycles. The summed E-state index contributed by atoms with van der Waals surface area (Å²) in [5, 5.41) is 15.1. The van der Waals surface area contributed by atoms with E-state index >= 15 is 0 Å². The van der Waals surface area contributed by atoms with E-state index in [1.807, 2.05) is 35.2 Å². The van der Waals surface area contributed by atoms with Gasteiger partial charge in [0.15, 0.2) is 5.67 Å². The third-order valence-corrected chi connectivity index (χ3v) is 9.52. The van der Waals surface area contributed by atoms with Crippen molar-refractivity contribution >= 4 is 39.1 Å². The van der Waals surface area contributed by atoms with E-state index in [0.717, 1.165) is 23.4 Å². The van der Waals surface area contributed by atoms with Crippen molar-refractivity contribution in [3.8, 4) is 0 Å². The Kier molecular flexibility index (Phi) is 9.44. The Labute approximate surface area is 230 Å². The van der Waals surface area contributed by atoms with Gasteiger partial charge in [0.25, 0.3) is 21.6 Å². The molecule has 0 unspecified atom stereocenters. The molecule has 0 bridgehead atoms. The number of nitrogens with one attached hydrogen (secondary N) is 2. The van der Waals surface area contributed by atoms with Crippen LogP contribution >= 0.6 is 11.8 Å². The summed E-state index contributed by atoms with van der Waals surface area (Å²) in [6.07, 6.45) is 1.34. The van der Waals surface area contributed by atoms with Gasteiger partial charge >= 0.3 is 0 Å². The van der Waals surface area contributed by atoms with Gasteiger partial charge in [0.05, 0.1) is 9.82 Å². The van der Waals surface area contributed by atoms with E-state index in [1.54, 1.807) is 16.5 Å². The molecule has 1 amide bonds. The van der Waals surface area contributed by atoms with E-state index in [0.29, 0.717) is 44.6 Å². The predicted molar refractivity (Wildman–Crippen MR) is 146 cm³/mol. The average Bonchev–Trinajstić information content (AvgIpc) is 2.89. The highest BCUT2D eigenvalue weighted by Crippen LogP contribution is 2.33. The van der Waals surface area contributed by atoms with Gasteiger partial charge in [-0.1, -0.05) is 24.6 Å². The van der Waals surface area contributed by atoms with Gasteiger partial charge in [0, 0.05) is 42.4 Å². The molecule has 1 heterocycles. The van der Waals surface area contributed by atoms with E-state index in [9.17, 15) is 32.1 Å². The van der Waals surface area contributed by atoms with Crippen LogP contribution in [0.2, 0.25) is 0 Å². The number of rotatable bonds is 12.